The van der Waals surface area contributed by atoms with Crippen molar-refractivity contribution in [3.8, 4) is 0 Å². The summed E-state index contributed by atoms with van der Waals surface area (Å²) in [5.74, 6) is 0.935. The van der Waals surface area contributed by atoms with Crippen LogP contribution in [-0.2, 0) is 0 Å². The first-order chi connectivity index (χ1) is 11.1. The van der Waals surface area contributed by atoms with Gasteiger partial charge in [0.15, 0.2) is 0 Å². The lowest BCUT2D eigenvalue weighted by Crippen LogP contribution is -2.30. The first-order valence-corrected chi connectivity index (χ1v) is 8.80. The fourth-order valence-electron chi connectivity index (χ4n) is 4.14. The summed E-state index contributed by atoms with van der Waals surface area (Å²) in [5.41, 5.74) is 6.38. The second-order valence-electron chi connectivity index (χ2n) is 6.66. The molecule has 0 saturated heterocycles. The van der Waals surface area contributed by atoms with Crippen LogP contribution in [0, 0.1) is 19.8 Å². The van der Waals surface area contributed by atoms with Crippen LogP contribution in [0.2, 0.25) is 10.0 Å². The zero-order valence-corrected chi connectivity index (χ0v) is 14.7. The predicted octanol–water partition coefficient (Wildman–Crippen LogP) is 6.44. The van der Waals surface area contributed by atoms with E-state index >= 15 is 0 Å². The predicted molar refractivity (Wildman–Crippen MR) is 98.7 cm³/mol. The normalized spacial score (nSPS) is 25.0. The monoisotopic (exact) mass is 343 g/mol. The van der Waals surface area contributed by atoms with E-state index in [9.17, 15) is 0 Å². The van der Waals surface area contributed by atoms with E-state index in [1.54, 1.807) is 0 Å². The Morgan fingerprint density at radius 3 is 2.74 bits per heavy atom. The third kappa shape index (κ3) is 2.38. The minimum absolute atomic E-state index is 0.190. The van der Waals surface area contributed by atoms with Crippen molar-refractivity contribution >= 4 is 28.9 Å². The van der Waals surface area contributed by atoms with Crippen LogP contribution in [0.25, 0.3) is 0 Å². The summed E-state index contributed by atoms with van der Waals surface area (Å²) < 4.78 is 0. The van der Waals surface area contributed by atoms with Crippen molar-refractivity contribution in [2.75, 3.05) is 5.32 Å². The summed E-state index contributed by atoms with van der Waals surface area (Å²) >= 11 is 12.8. The van der Waals surface area contributed by atoms with Gasteiger partial charge in [0.2, 0.25) is 0 Å². The molecule has 0 radical (unpaired) electrons. The van der Waals surface area contributed by atoms with Crippen molar-refractivity contribution < 1.29 is 0 Å². The van der Waals surface area contributed by atoms with Gasteiger partial charge in [-0.1, -0.05) is 65.2 Å². The van der Waals surface area contributed by atoms with E-state index in [0.717, 1.165) is 12.0 Å². The largest absolute Gasteiger partial charge is 0.377 e. The standard InChI is InChI=1S/C20H19Cl2N/c1-11-9-12(2)19-16(10-11)13-5-3-6-14(13)20(23-19)15-7-4-8-17(21)18(15)22/h3-5,7-10,13-14,20,23H,6H2,1-2H3/t13-,14-,20-/m1/s1. The van der Waals surface area contributed by atoms with Gasteiger partial charge in [-0.3, -0.25) is 0 Å². The van der Waals surface area contributed by atoms with Gasteiger partial charge in [0.25, 0.3) is 0 Å². The van der Waals surface area contributed by atoms with E-state index < -0.39 is 0 Å². The molecule has 118 valence electrons. The van der Waals surface area contributed by atoms with E-state index in [0.29, 0.717) is 21.9 Å². The summed E-state index contributed by atoms with van der Waals surface area (Å²) in [4.78, 5) is 0. The van der Waals surface area contributed by atoms with Gasteiger partial charge in [0, 0.05) is 11.6 Å². The highest BCUT2D eigenvalue weighted by molar-refractivity contribution is 6.42. The Morgan fingerprint density at radius 2 is 1.91 bits per heavy atom. The van der Waals surface area contributed by atoms with Gasteiger partial charge in [-0.2, -0.15) is 0 Å². The van der Waals surface area contributed by atoms with Gasteiger partial charge >= 0.3 is 0 Å². The van der Waals surface area contributed by atoms with Crippen LogP contribution in [-0.4, -0.2) is 0 Å². The molecule has 0 unspecified atom stereocenters. The maximum absolute atomic E-state index is 6.52. The Balaban J connectivity index is 1.86. The van der Waals surface area contributed by atoms with E-state index in [1.165, 1.54) is 22.4 Å². The first-order valence-electron chi connectivity index (χ1n) is 8.04. The zero-order chi connectivity index (χ0) is 16.1. The van der Waals surface area contributed by atoms with Crippen LogP contribution in [0.1, 0.15) is 40.6 Å². The lowest BCUT2D eigenvalue weighted by molar-refractivity contribution is 0.425. The molecule has 0 spiro atoms. The number of hydrogen-bond donors (Lipinski definition) is 1. The third-order valence-corrected chi connectivity index (χ3v) is 5.96. The average Bonchev–Trinajstić information content (AvgIpc) is 3.00. The van der Waals surface area contributed by atoms with Crippen molar-refractivity contribution in [1.82, 2.24) is 0 Å². The van der Waals surface area contributed by atoms with Crippen molar-refractivity contribution in [3.63, 3.8) is 0 Å². The molecular weight excluding hydrogens is 325 g/mol. The van der Waals surface area contributed by atoms with Crippen LogP contribution in [0.5, 0.6) is 0 Å². The molecule has 0 bridgehead atoms. The first kappa shape index (κ1) is 15.1. The number of halogens is 2. The molecular formula is C20H19Cl2N. The lowest BCUT2D eigenvalue weighted by atomic mass is 9.76. The zero-order valence-electron chi connectivity index (χ0n) is 13.2. The molecule has 4 rings (SSSR count). The van der Waals surface area contributed by atoms with Crippen molar-refractivity contribution in [3.05, 3.63) is 74.8 Å². The van der Waals surface area contributed by atoms with Gasteiger partial charge < -0.3 is 5.32 Å². The molecule has 0 amide bonds. The maximum atomic E-state index is 6.52. The minimum atomic E-state index is 0.190. The maximum Gasteiger partial charge on any atom is 0.0645 e. The number of benzene rings is 2. The number of nitrogens with one attached hydrogen (secondary N) is 1. The molecule has 3 heteroatoms. The molecule has 2 aromatic rings. The molecule has 23 heavy (non-hydrogen) atoms. The molecule has 1 nitrogen and oxygen atoms in total. The SMILES string of the molecule is Cc1cc(C)c2c(c1)[C@@H]1C=CC[C@H]1[C@H](c1cccc(Cl)c1Cl)N2. The van der Waals surface area contributed by atoms with Crippen molar-refractivity contribution in [2.24, 2.45) is 5.92 Å². The number of rotatable bonds is 1. The quantitative estimate of drug-likeness (QED) is 0.587. The fraction of sp³-hybridized carbons (Fsp3) is 0.300. The number of hydrogen-bond acceptors (Lipinski definition) is 1. The Labute approximate surface area is 147 Å². The van der Waals surface area contributed by atoms with Crippen LogP contribution < -0.4 is 5.32 Å². The summed E-state index contributed by atoms with van der Waals surface area (Å²) in [5, 5.41) is 5.06. The smallest absolute Gasteiger partial charge is 0.0645 e. The molecule has 0 aromatic heterocycles. The number of anilines is 1. The van der Waals surface area contributed by atoms with Crippen LogP contribution in [0.3, 0.4) is 0 Å². The molecule has 0 saturated carbocycles. The van der Waals surface area contributed by atoms with Crippen molar-refractivity contribution in [2.45, 2.75) is 32.2 Å². The molecule has 2 aromatic carbocycles. The van der Waals surface area contributed by atoms with Crippen LogP contribution >= 0.6 is 23.2 Å². The van der Waals surface area contributed by atoms with E-state index in [-0.39, 0.29) is 6.04 Å². The molecule has 1 aliphatic heterocycles. The van der Waals surface area contributed by atoms with E-state index in [4.69, 9.17) is 23.2 Å². The minimum Gasteiger partial charge on any atom is -0.377 e. The fourth-order valence-corrected chi connectivity index (χ4v) is 4.57. The molecule has 2 aliphatic rings. The Hall–Kier alpha value is -1.44. The Bertz CT molecular complexity index is 810. The topological polar surface area (TPSA) is 12.0 Å². The number of aryl methyl sites for hydroxylation is 2. The molecule has 0 fully saturated rings. The molecule has 1 heterocycles. The molecule has 1 aliphatic carbocycles. The van der Waals surface area contributed by atoms with E-state index in [1.807, 2.05) is 12.1 Å². The second-order valence-corrected chi connectivity index (χ2v) is 7.45. The second kappa shape index (κ2) is 5.58. The van der Waals surface area contributed by atoms with Gasteiger partial charge in [-0.25, -0.2) is 0 Å². The van der Waals surface area contributed by atoms with Gasteiger partial charge in [-0.05, 0) is 48.9 Å². The highest BCUT2D eigenvalue weighted by atomic mass is 35.5. The highest BCUT2D eigenvalue weighted by Gasteiger charge is 2.39. The number of allylic oxidation sites excluding steroid dienone is 2. The van der Waals surface area contributed by atoms with Crippen molar-refractivity contribution in [1.29, 1.82) is 0 Å². The van der Waals surface area contributed by atoms with Gasteiger partial charge in [-0.15, -0.1) is 0 Å². The number of fused-ring (bicyclic) bond motifs is 3. The highest BCUT2D eigenvalue weighted by Crippen LogP contribution is 2.52. The Kier molecular flexibility index (Phi) is 3.66. The van der Waals surface area contributed by atoms with Crippen LogP contribution in [0.4, 0.5) is 5.69 Å². The summed E-state index contributed by atoms with van der Waals surface area (Å²) in [6.07, 6.45) is 5.72. The van der Waals surface area contributed by atoms with Crippen LogP contribution in [0.15, 0.2) is 42.5 Å². The summed E-state index contributed by atoms with van der Waals surface area (Å²) in [7, 11) is 0. The van der Waals surface area contributed by atoms with Gasteiger partial charge in [0.1, 0.15) is 0 Å². The Morgan fingerprint density at radius 1 is 1.09 bits per heavy atom. The summed E-state index contributed by atoms with van der Waals surface area (Å²) in [6.45, 7) is 4.34. The molecule has 1 N–H and O–H groups in total. The lowest BCUT2D eigenvalue weighted by Gasteiger charge is -2.39. The third-order valence-electron chi connectivity index (χ3n) is 5.13. The molecule has 3 atom stereocenters. The average molecular weight is 344 g/mol. The summed E-state index contributed by atoms with van der Waals surface area (Å²) in [6, 6.07) is 10.7. The van der Waals surface area contributed by atoms with Gasteiger partial charge in [0.05, 0.1) is 16.1 Å². The van der Waals surface area contributed by atoms with E-state index in [2.05, 4.69) is 49.5 Å².